The molecule has 21 heavy (non-hydrogen) atoms. The summed E-state index contributed by atoms with van der Waals surface area (Å²) in [6.07, 6.45) is 1.71. The first-order valence-electron chi connectivity index (χ1n) is 7.80. The van der Waals surface area contributed by atoms with Crippen molar-refractivity contribution < 1.29 is 9.53 Å². The Morgan fingerprint density at radius 1 is 1.29 bits per heavy atom. The summed E-state index contributed by atoms with van der Waals surface area (Å²) in [7, 11) is 0. The van der Waals surface area contributed by atoms with Crippen molar-refractivity contribution >= 4 is 5.91 Å². The normalized spacial score (nSPS) is 24.5. The highest BCUT2D eigenvalue weighted by Crippen LogP contribution is 2.27. The van der Waals surface area contributed by atoms with Crippen LogP contribution >= 0.6 is 0 Å². The summed E-state index contributed by atoms with van der Waals surface area (Å²) >= 11 is 0. The Morgan fingerprint density at radius 2 is 2.00 bits per heavy atom. The zero-order chi connectivity index (χ0) is 15.0. The number of hydrogen-bond donors (Lipinski definition) is 1. The fraction of sp³-hybridized carbons (Fsp3) is 0.588. The van der Waals surface area contributed by atoms with Gasteiger partial charge in [-0.3, -0.25) is 4.79 Å². The van der Waals surface area contributed by atoms with Crippen molar-refractivity contribution in [2.45, 2.75) is 45.7 Å². The van der Waals surface area contributed by atoms with Gasteiger partial charge < -0.3 is 15.0 Å². The first-order chi connectivity index (χ1) is 10.1. The molecule has 0 saturated carbocycles. The summed E-state index contributed by atoms with van der Waals surface area (Å²) in [5.41, 5.74) is 3.59. The van der Waals surface area contributed by atoms with Crippen LogP contribution in [0.2, 0.25) is 0 Å². The topological polar surface area (TPSA) is 41.6 Å². The maximum absolute atomic E-state index is 12.0. The van der Waals surface area contributed by atoms with E-state index >= 15 is 0 Å². The molecular weight excluding hydrogens is 264 g/mol. The Hall–Kier alpha value is -1.55. The molecule has 0 spiro atoms. The maximum atomic E-state index is 12.0. The second-order valence-electron chi connectivity index (χ2n) is 6.28. The number of likely N-dealkylation sites (tertiary alicyclic amines) is 1. The van der Waals surface area contributed by atoms with Crippen LogP contribution in [0.4, 0.5) is 0 Å². The summed E-state index contributed by atoms with van der Waals surface area (Å²) in [4.78, 5) is 14.0. The number of hydrogen-bond acceptors (Lipinski definition) is 3. The fourth-order valence-electron chi connectivity index (χ4n) is 3.76. The first kappa shape index (κ1) is 14.4. The monoisotopic (exact) mass is 288 g/mol. The van der Waals surface area contributed by atoms with Crippen LogP contribution in [0.5, 0.6) is 5.75 Å². The molecule has 4 heteroatoms. The fourth-order valence-corrected chi connectivity index (χ4v) is 3.76. The minimum Gasteiger partial charge on any atom is -0.491 e. The lowest BCUT2D eigenvalue weighted by molar-refractivity contribution is -0.129. The molecule has 4 nitrogen and oxygen atoms in total. The zero-order valence-corrected chi connectivity index (χ0v) is 13.1. The number of aryl methyl sites for hydroxylation is 3. The summed E-state index contributed by atoms with van der Waals surface area (Å²) in [6.45, 7) is 8.53. The van der Waals surface area contributed by atoms with Gasteiger partial charge in [0.15, 0.2) is 0 Å². The van der Waals surface area contributed by atoms with Crippen molar-refractivity contribution in [1.82, 2.24) is 10.2 Å². The molecule has 1 aromatic rings. The molecule has 0 radical (unpaired) electrons. The molecule has 2 aliphatic heterocycles. The average molecular weight is 288 g/mol. The van der Waals surface area contributed by atoms with Gasteiger partial charge in [0.1, 0.15) is 12.4 Å². The first-order valence-corrected chi connectivity index (χ1v) is 7.80. The molecule has 0 aliphatic carbocycles. The molecular formula is C17H24N2O2. The zero-order valence-electron chi connectivity index (χ0n) is 13.1. The van der Waals surface area contributed by atoms with Gasteiger partial charge in [-0.25, -0.2) is 0 Å². The van der Waals surface area contributed by atoms with Gasteiger partial charge in [0, 0.05) is 18.5 Å². The quantitative estimate of drug-likeness (QED) is 0.921. The summed E-state index contributed by atoms with van der Waals surface area (Å²) in [6, 6.07) is 5.02. The highest BCUT2D eigenvalue weighted by Gasteiger charge is 2.41. The number of fused-ring (bicyclic) bond motifs is 1. The molecule has 114 valence electrons. The number of nitrogens with zero attached hydrogens (tertiary/aromatic N) is 1. The third-order valence-electron chi connectivity index (χ3n) is 4.61. The molecule has 0 bridgehead atoms. The Bertz CT molecular complexity index is 533. The van der Waals surface area contributed by atoms with Crippen LogP contribution in [0.1, 0.15) is 29.5 Å². The minimum absolute atomic E-state index is 0.262. The Balaban J connectivity index is 1.60. The summed E-state index contributed by atoms with van der Waals surface area (Å²) in [5.74, 6) is 1.23. The van der Waals surface area contributed by atoms with Crippen LogP contribution in [0.3, 0.4) is 0 Å². The van der Waals surface area contributed by atoms with Crippen molar-refractivity contribution in [2.75, 3.05) is 19.7 Å². The lowest BCUT2D eigenvalue weighted by atomic mass is 10.1. The number of benzene rings is 1. The van der Waals surface area contributed by atoms with Crippen molar-refractivity contribution in [3.63, 3.8) is 0 Å². The summed E-state index contributed by atoms with van der Waals surface area (Å²) in [5, 5.41) is 3.41. The number of carbonyl (C=O) groups excluding carboxylic acids is 1. The third-order valence-corrected chi connectivity index (χ3v) is 4.61. The number of nitrogens with one attached hydrogen (secondary N) is 1. The van der Waals surface area contributed by atoms with Crippen LogP contribution in [0.15, 0.2) is 12.1 Å². The van der Waals surface area contributed by atoms with E-state index < -0.39 is 0 Å². The number of rotatable bonds is 4. The van der Waals surface area contributed by atoms with Crippen LogP contribution < -0.4 is 10.1 Å². The van der Waals surface area contributed by atoms with Crippen LogP contribution in [0, 0.1) is 20.8 Å². The smallest absolute Gasteiger partial charge is 0.224 e. The van der Waals surface area contributed by atoms with Crippen LogP contribution in [-0.4, -0.2) is 42.6 Å². The number of carbonyl (C=O) groups is 1. The maximum Gasteiger partial charge on any atom is 0.224 e. The van der Waals surface area contributed by atoms with E-state index in [1.165, 1.54) is 16.7 Å². The van der Waals surface area contributed by atoms with Crippen LogP contribution in [0.25, 0.3) is 0 Å². The lowest BCUT2D eigenvalue weighted by Gasteiger charge is -2.24. The Kier molecular flexibility index (Phi) is 3.89. The molecule has 1 N–H and O–H groups in total. The predicted molar refractivity (Wildman–Crippen MR) is 82.7 cm³/mol. The van der Waals surface area contributed by atoms with E-state index in [0.29, 0.717) is 31.7 Å². The number of amides is 1. The molecule has 2 atom stereocenters. The SMILES string of the molecule is Cc1cc(C)c(OCCN2C(=O)C[C@H]3NCC[C@H]32)c(C)c1. The van der Waals surface area contributed by atoms with Crippen molar-refractivity contribution in [2.24, 2.45) is 0 Å². The van der Waals surface area contributed by atoms with Gasteiger partial charge in [-0.2, -0.15) is 0 Å². The molecule has 1 amide bonds. The van der Waals surface area contributed by atoms with E-state index in [1.807, 2.05) is 4.90 Å². The number of ether oxygens (including phenoxy) is 1. The van der Waals surface area contributed by atoms with E-state index in [2.05, 4.69) is 38.2 Å². The average Bonchev–Trinajstić information content (AvgIpc) is 2.94. The molecule has 2 fully saturated rings. The highest BCUT2D eigenvalue weighted by atomic mass is 16.5. The van der Waals surface area contributed by atoms with E-state index in [9.17, 15) is 4.79 Å². The second-order valence-corrected chi connectivity index (χ2v) is 6.28. The van der Waals surface area contributed by atoms with Gasteiger partial charge in [0.05, 0.1) is 6.54 Å². The van der Waals surface area contributed by atoms with Crippen molar-refractivity contribution in [3.8, 4) is 5.75 Å². The van der Waals surface area contributed by atoms with Gasteiger partial charge in [0.2, 0.25) is 5.91 Å². The molecule has 0 unspecified atom stereocenters. The Labute approximate surface area is 126 Å². The molecule has 2 aliphatic rings. The molecule has 3 rings (SSSR count). The van der Waals surface area contributed by atoms with Gasteiger partial charge in [0.25, 0.3) is 0 Å². The molecule has 2 heterocycles. The van der Waals surface area contributed by atoms with E-state index in [-0.39, 0.29) is 5.91 Å². The Morgan fingerprint density at radius 3 is 2.71 bits per heavy atom. The predicted octanol–water partition coefficient (Wildman–Crippen LogP) is 1.95. The van der Waals surface area contributed by atoms with Crippen molar-refractivity contribution in [1.29, 1.82) is 0 Å². The molecule has 0 aromatic heterocycles. The van der Waals surface area contributed by atoms with Gasteiger partial charge >= 0.3 is 0 Å². The lowest BCUT2D eigenvalue weighted by Crippen LogP contribution is -2.38. The highest BCUT2D eigenvalue weighted by molar-refractivity contribution is 5.80. The van der Waals surface area contributed by atoms with E-state index in [4.69, 9.17) is 4.74 Å². The second kappa shape index (κ2) is 5.68. The third kappa shape index (κ3) is 2.77. The largest absolute Gasteiger partial charge is 0.491 e. The molecule has 2 saturated heterocycles. The summed E-state index contributed by atoms with van der Waals surface area (Å²) < 4.78 is 5.97. The van der Waals surface area contributed by atoms with E-state index in [1.54, 1.807) is 0 Å². The van der Waals surface area contributed by atoms with Gasteiger partial charge in [-0.1, -0.05) is 17.7 Å². The van der Waals surface area contributed by atoms with E-state index in [0.717, 1.165) is 18.7 Å². The molecule has 1 aromatic carbocycles. The van der Waals surface area contributed by atoms with Gasteiger partial charge in [-0.15, -0.1) is 0 Å². The van der Waals surface area contributed by atoms with Crippen LogP contribution in [-0.2, 0) is 4.79 Å². The van der Waals surface area contributed by atoms with Gasteiger partial charge in [-0.05, 0) is 44.9 Å². The standard InChI is InChI=1S/C17H24N2O2/c1-11-8-12(2)17(13(3)9-11)21-7-6-19-15-4-5-18-14(15)10-16(19)20/h8-9,14-15,18H,4-7,10H2,1-3H3/t14-,15-/m1/s1. The minimum atomic E-state index is 0.262. The van der Waals surface area contributed by atoms with Crippen molar-refractivity contribution in [3.05, 3.63) is 28.8 Å².